The molecule has 0 N–H and O–H groups in total. The maximum Gasteiger partial charge on any atom is 0.201 e. The van der Waals surface area contributed by atoms with Crippen LogP contribution in [0.4, 0.5) is 0 Å². The highest BCUT2D eigenvalue weighted by Gasteiger charge is 2.70. The lowest BCUT2D eigenvalue weighted by atomic mass is 9.56. The lowest BCUT2D eigenvalue weighted by molar-refractivity contribution is -0.569. The Bertz CT molecular complexity index is 461. The summed E-state index contributed by atoms with van der Waals surface area (Å²) >= 11 is 3.77. The minimum Gasteiger partial charge on any atom is -0.341 e. The molecule has 5 rings (SSSR count). The molecule has 1 spiro atoms. The van der Waals surface area contributed by atoms with E-state index in [1.165, 1.54) is 6.42 Å². The van der Waals surface area contributed by atoms with Crippen molar-refractivity contribution in [3.8, 4) is 0 Å². The van der Waals surface area contributed by atoms with Gasteiger partial charge in [0.15, 0.2) is 19.7 Å². The second-order valence-corrected chi connectivity index (χ2v) is 9.38. The molecule has 1 saturated carbocycles. The monoisotopic (exact) mass is 358 g/mol. The molecule has 4 saturated heterocycles. The van der Waals surface area contributed by atoms with Gasteiger partial charge in [-0.1, -0.05) is 29.8 Å². The molecule has 0 aromatic carbocycles. The average Bonchev–Trinajstić information content (AvgIpc) is 2.62. The van der Waals surface area contributed by atoms with Crippen LogP contribution in [-0.4, -0.2) is 29.9 Å². The summed E-state index contributed by atoms with van der Waals surface area (Å²) in [5.74, 6) is 1.12. The van der Waals surface area contributed by atoms with E-state index in [-0.39, 0.29) is 10.7 Å². The predicted molar refractivity (Wildman–Crippen MR) is 83.2 cm³/mol. The van der Waals surface area contributed by atoms with Crippen molar-refractivity contribution in [2.45, 2.75) is 68.5 Å². The van der Waals surface area contributed by atoms with E-state index >= 15 is 0 Å². The number of alkyl halides is 1. The van der Waals surface area contributed by atoms with Crippen molar-refractivity contribution in [1.29, 1.82) is 0 Å². The number of hydrogen-bond acceptors (Lipinski definition) is 4. The molecule has 118 valence electrons. The van der Waals surface area contributed by atoms with Crippen molar-refractivity contribution in [3.05, 3.63) is 0 Å². The molecule has 0 amide bonds. The molecule has 5 aliphatic rings. The molecular formula is C15H24BBrO4. The van der Waals surface area contributed by atoms with Gasteiger partial charge in [0.25, 0.3) is 0 Å². The Labute approximate surface area is 135 Å². The van der Waals surface area contributed by atoms with Crippen molar-refractivity contribution in [2.75, 3.05) is 0 Å². The maximum atomic E-state index is 6.33. The molecule has 4 aliphatic heterocycles. The fraction of sp³-hybridized carbons (Fsp3) is 1.00. The Morgan fingerprint density at radius 3 is 2.57 bits per heavy atom. The first kappa shape index (κ1) is 14.9. The molecule has 1 aliphatic carbocycles. The summed E-state index contributed by atoms with van der Waals surface area (Å²) in [6, 6.07) is 0. The third kappa shape index (κ3) is 1.89. The van der Waals surface area contributed by atoms with Gasteiger partial charge in [-0.25, -0.2) is 9.78 Å². The van der Waals surface area contributed by atoms with E-state index in [1.807, 2.05) is 6.92 Å². The molecule has 2 bridgehead atoms. The Balaban J connectivity index is 1.83. The lowest BCUT2D eigenvalue weighted by Gasteiger charge is -2.62. The van der Waals surface area contributed by atoms with E-state index < -0.39 is 11.4 Å². The number of hydrogen-bond donors (Lipinski definition) is 0. The summed E-state index contributed by atoms with van der Waals surface area (Å²) in [6.07, 6.45) is 3.99. The number of ether oxygens (including phenoxy) is 2. The van der Waals surface area contributed by atoms with Gasteiger partial charge in [-0.3, -0.25) is 0 Å². The zero-order chi connectivity index (χ0) is 15.0. The van der Waals surface area contributed by atoms with Crippen LogP contribution in [0.15, 0.2) is 0 Å². The van der Waals surface area contributed by atoms with E-state index in [9.17, 15) is 0 Å². The third-order valence-electron chi connectivity index (χ3n) is 6.53. The predicted octanol–water partition coefficient (Wildman–Crippen LogP) is 2.55. The molecule has 0 aromatic heterocycles. The molecule has 0 aromatic rings. The first-order chi connectivity index (χ1) is 9.79. The smallest absolute Gasteiger partial charge is 0.201 e. The molecular weight excluding hydrogens is 335 g/mol. The van der Waals surface area contributed by atoms with Crippen LogP contribution < -0.4 is 0 Å². The van der Waals surface area contributed by atoms with Gasteiger partial charge in [0, 0.05) is 12.3 Å². The highest BCUT2D eigenvalue weighted by molar-refractivity contribution is 9.10. The first-order valence-corrected chi connectivity index (χ1v) is 8.99. The highest BCUT2D eigenvalue weighted by atomic mass is 79.9. The zero-order valence-electron chi connectivity index (χ0n) is 13.2. The fourth-order valence-electron chi connectivity index (χ4n) is 5.06. The van der Waals surface area contributed by atoms with Crippen molar-refractivity contribution in [3.63, 3.8) is 0 Å². The quantitative estimate of drug-likeness (QED) is 0.379. The van der Waals surface area contributed by atoms with Crippen LogP contribution in [0.2, 0.25) is 0 Å². The summed E-state index contributed by atoms with van der Waals surface area (Å²) in [4.78, 5) is 11.9. The highest BCUT2D eigenvalue weighted by Crippen LogP contribution is 2.62. The minimum atomic E-state index is -0.679. The van der Waals surface area contributed by atoms with Crippen molar-refractivity contribution >= 4 is 23.8 Å². The number of halogens is 1. The van der Waals surface area contributed by atoms with Gasteiger partial charge in [-0.2, -0.15) is 0 Å². The Morgan fingerprint density at radius 2 is 1.81 bits per heavy atom. The molecule has 0 radical (unpaired) electrons. The van der Waals surface area contributed by atoms with Gasteiger partial charge in [0.1, 0.15) is 0 Å². The Hall–Kier alpha value is 0.385. The maximum absolute atomic E-state index is 6.33. The van der Waals surface area contributed by atoms with E-state index in [0.717, 1.165) is 19.3 Å². The average molecular weight is 359 g/mol. The zero-order valence-corrected chi connectivity index (χ0v) is 14.8. The van der Waals surface area contributed by atoms with Crippen LogP contribution >= 0.6 is 15.9 Å². The van der Waals surface area contributed by atoms with Gasteiger partial charge in [-0.15, -0.1) is 0 Å². The van der Waals surface area contributed by atoms with Crippen LogP contribution in [-0.2, 0) is 19.2 Å². The second kappa shape index (κ2) is 4.47. The van der Waals surface area contributed by atoms with E-state index in [0.29, 0.717) is 23.7 Å². The second-order valence-electron chi connectivity index (χ2n) is 7.80. The van der Waals surface area contributed by atoms with Gasteiger partial charge >= 0.3 is 0 Å². The van der Waals surface area contributed by atoms with Gasteiger partial charge < -0.3 is 9.47 Å². The summed E-state index contributed by atoms with van der Waals surface area (Å²) in [5, 5.41) is 0. The lowest BCUT2D eigenvalue weighted by Crippen LogP contribution is -2.72. The fourth-order valence-corrected chi connectivity index (χ4v) is 5.55. The van der Waals surface area contributed by atoms with Gasteiger partial charge in [0.2, 0.25) is 5.79 Å². The van der Waals surface area contributed by atoms with E-state index in [1.54, 1.807) is 0 Å². The largest absolute Gasteiger partial charge is 0.341 e. The molecule has 0 unspecified atom stereocenters. The molecule has 8 atom stereocenters. The SMILES string of the molecule is B[C@]1(Br)O[C@@H]2O[C@]3(C)CC[C@H]4[C@H](C)CC[C@@H]([C@H]1C)[C@@]24OO3. The van der Waals surface area contributed by atoms with Crippen LogP contribution in [0, 0.1) is 23.7 Å². The van der Waals surface area contributed by atoms with E-state index in [4.69, 9.17) is 19.2 Å². The Kier molecular flexibility index (Phi) is 3.18. The van der Waals surface area contributed by atoms with Crippen LogP contribution in [0.5, 0.6) is 0 Å². The minimum absolute atomic E-state index is 0.346. The normalized spacial score (nSPS) is 63.0. The summed E-state index contributed by atoms with van der Waals surface area (Å²) in [7, 11) is 2.10. The van der Waals surface area contributed by atoms with Crippen LogP contribution in [0.25, 0.3) is 0 Å². The third-order valence-corrected chi connectivity index (χ3v) is 7.44. The van der Waals surface area contributed by atoms with Gasteiger partial charge in [0.05, 0.1) is 4.41 Å². The van der Waals surface area contributed by atoms with Crippen LogP contribution in [0.1, 0.15) is 46.5 Å². The molecule has 5 fully saturated rings. The summed E-state index contributed by atoms with van der Waals surface area (Å²) in [6.45, 7) is 6.55. The Morgan fingerprint density at radius 1 is 1.05 bits per heavy atom. The first-order valence-electron chi connectivity index (χ1n) is 8.20. The number of fused-ring (bicyclic) bond motifs is 2. The van der Waals surface area contributed by atoms with Crippen molar-refractivity contribution in [2.24, 2.45) is 23.7 Å². The molecule has 4 nitrogen and oxygen atoms in total. The van der Waals surface area contributed by atoms with Crippen molar-refractivity contribution < 1.29 is 19.2 Å². The summed E-state index contributed by atoms with van der Waals surface area (Å²) < 4.78 is 12.2. The van der Waals surface area contributed by atoms with Crippen LogP contribution in [0.3, 0.4) is 0 Å². The molecule has 4 heterocycles. The summed E-state index contributed by atoms with van der Waals surface area (Å²) in [5.41, 5.74) is -0.444. The topological polar surface area (TPSA) is 36.9 Å². The van der Waals surface area contributed by atoms with E-state index in [2.05, 4.69) is 37.6 Å². The number of rotatable bonds is 0. The van der Waals surface area contributed by atoms with Gasteiger partial charge in [-0.05, 0) is 43.9 Å². The standard InChI is InChI=1S/C15H24BBrO4/c1-8-4-5-11-9(2)15(16,17)19-12-14(11)10(8)6-7-13(3,18-12)20-21-14/h8-12H,4-7,16H2,1-3H3/t8-,9-,10+,11+,12+,13+,14-,15-/m1/s1. The molecule has 21 heavy (non-hydrogen) atoms. The molecule has 6 heteroatoms. The van der Waals surface area contributed by atoms with Crippen molar-refractivity contribution in [1.82, 2.24) is 0 Å².